The first-order chi connectivity index (χ1) is 6.16. The summed E-state index contributed by atoms with van der Waals surface area (Å²) in [5, 5.41) is 8.81. The van der Waals surface area contributed by atoms with Crippen molar-refractivity contribution < 1.29 is 18.3 Å². The van der Waals surface area contributed by atoms with Crippen LogP contribution in [0.5, 0.6) is 0 Å². The third-order valence-corrected chi connectivity index (χ3v) is 3.83. The van der Waals surface area contributed by atoms with Crippen LogP contribution in [0.3, 0.4) is 0 Å². The maximum Gasteiger partial charge on any atom is 0.324 e. The van der Waals surface area contributed by atoms with Gasteiger partial charge in [0.2, 0.25) is 0 Å². The molecule has 0 aromatic rings. The minimum absolute atomic E-state index is 0.225. The average Bonchev–Trinajstić information content (AvgIpc) is 2.02. The van der Waals surface area contributed by atoms with Crippen LogP contribution < -0.4 is 4.72 Å². The van der Waals surface area contributed by atoms with Crippen molar-refractivity contribution >= 4 is 16.2 Å². The number of hydrogen-bond donors (Lipinski definition) is 2. The van der Waals surface area contributed by atoms with Crippen molar-refractivity contribution in [1.82, 2.24) is 9.03 Å². The fraction of sp³-hybridized carbons (Fsp3) is 0.857. The van der Waals surface area contributed by atoms with Crippen LogP contribution in [0, 0.1) is 0 Å². The molecule has 0 aromatic heterocycles. The third-order valence-electron chi connectivity index (χ3n) is 2.00. The highest BCUT2D eigenvalue weighted by atomic mass is 32.2. The highest BCUT2D eigenvalue weighted by Gasteiger charge is 2.38. The molecule has 14 heavy (non-hydrogen) atoms. The van der Waals surface area contributed by atoms with Crippen LogP contribution in [0.15, 0.2) is 0 Å². The number of aliphatic carboxylic acids is 1. The Morgan fingerprint density at radius 3 is 2.21 bits per heavy atom. The maximum absolute atomic E-state index is 11.4. The molecule has 2 N–H and O–H groups in total. The number of rotatable bonds is 5. The van der Waals surface area contributed by atoms with Crippen LogP contribution in [-0.2, 0) is 15.0 Å². The zero-order chi connectivity index (χ0) is 11.6. The SMILES string of the molecule is CCNS(=O)(=O)N(C)C(C)(C)C(=O)O. The molecule has 84 valence electrons. The Labute approximate surface area is 84.1 Å². The van der Waals surface area contributed by atoms with E-state index < -0.39 is 21.7 Å². The first kappa shape index (κ1) is 13.3. The van der Waals surface area contributed by atoms with Crippen molar-refractivity contribution in [3.8, 4) is 0 Å². The van der Waals surface area contributed by atoms with E-state index in [0.29, 0.717) is 0 Å². The Bertz CT molecular complexity index is 310. The number of nitrogens with one attached hydrogen (secondary N) is 1. The van der Waals surface area contributed by atoms with E-state index in [0.717, 1.165) is 4.31 Å². The number of nitrogens with zero attached hydrogens (tertiary/aromatic N) is 1. The second-order valence-electron chi connectivity index (χ2n) is 3.33. The zero-order valence-electron chi connectivity index (χ0n) is 8.73. The smallest absolute Gasteiger partial charge is 0.324 e. The van der Waals surface area contributed by atoms with Gasteiger partial charge in [-0.25, -0.2) is 4.72 Å². The van der Waals surface area contributed by atoms with Gasteiger partial charge >= 0.3 is 5.97 Å². The summed E-state index contributed by atoms with van der Waals surface area (Å²) in [4.78, 5) is 10.8. The molecule has 7 heteroatoms. The van der Waals surface area contributed by atoms with Crippen molar-refractivity contribution in [1.29, 1.82) is 0 Å². The van der Waals surface area contributed by atoms with Gasteiger partial charge in [-0.2, -0.15) is 12.7 Å². The molecule has 0 saturated heterocycles. The lowest BCUT2D eigenvalue weighted by atomic mass is 10.1. The molecular weight excluding hydrogens is 208 g/mol. The molecular formula is C7H16N2O4S. The molecule has 0 aliphatic rings. The quantitative estimate of drug-likeness (QED) is 0.667. The Hall–Kier alpha value is -0.660. The van der Waals surface area contributed by atoms with Gasteiger partial charge in [0.1, 0.15) is 5.54 Å². The standard InChI is InChI=1S/C7H16N2O4S/c1-5-8-14(12,13)9(4)7(2,3)6(10)11/h8H,5H2,1-4H3,(H,10,11). The largest absolute Gasteiger partial charge is 0.480 e. The average molecular weight is 224 g/mol. The minimum atomic E-state index is -3.71. The van der Waals surface area contributed by atoms with Gasteiger partial charge in [-0.3, -0.25) is 4.79 Å². The van der Waals surface area contributed by atoms with Crippen LogP contribution in [0.2, 0.25) is 0 Å². The topological polar surface area (TPSA) is 86.7 Å². The highest BCUT2D eigenvalue weighted by Crippen LogP contribution is 2.15. The third kappa shape index (κ3) is 2.66. The van der Waals surface area contributed by atoms with E-state index in [2.05, 4.69) is 4.72 Å². The van der Waals surface area contributed by atoms with Crippen molar-refractivity contribution in [3.05, 3.63) is 0 Å². The summed E-state index contributed by atoms with van der Waals surface area (Å²) in [5.74, 6) is -1.19. The van der Waals surface area contributed by atoms with Gasteiger partial charge in [0.05, 0.1) is 0 Å². The van der Waals surface area contributed by atoms with Crippen LogP contribution in [0.25, 0.3) is 0 Å². The van der Waals surface area contributed by atoms with Gasteiger partial charge in [0.25, 0.3) is 10.2 Å². The fourth-order valence-electron chi connectivity index (χ4n) is 0.714. The number of hydrogen-bond acceptors (Lipinski definition) is 3. The second kappa shape index (κ2) is 4.24. The molecule has 6 nitrogen and oxygen atoms in total. The molecule has 0 aliphatic carbocycles. The summed E-state index contributed by atoms with van der Waals surface area (Å²) in [6, 6.07) is 0. The summed E-state index contributed by atoms with van der Waals surface area (Å²) < 4.78 is 25.9. The Morgan fingerprint density at radius 2 is 1.93 bits per heavy atom. The van der Waals surface area contributed by atoms with Crippen LogP contribution >= 0.6 is 0 Å². The predicted octanol–water partition coefficient (Wildman–Crippen LogP) is -0.364. The second-order valence-corrected chi connectivity index (χ2v) is 5.12. The van der Waals surface area contributed by atoms with Crippen LogP contribution in [-0.4, -0.2) is 42.9 Å². The maximum atomic E-state index is 11.4. The summed E-state index contributed by atoms with van der Waals surface area (Å²) >= 11 is 0. The molecule has 0 fully saturated rings. The Morgan fingerprint density at radius 1 is 1.50 bits per heavy atom. The van der Waals surface area contributed by atoms with Gasteiger partial charge in [0.15, 0.2) is 0 Å². The first-order valence-corrected chi connectivity index (χ1v) is 5.57. The highest BCUT2D eigenvalue weighted by molar-refractivity contribution is 7.87. The number of carboxylic acids is 1. The van der Waals surface area contributed by atoms with Gasteiger partial charge in [0, 0.05) is 13.6 Å². The van der Waals surface area contributed by atoms with E-state index in [4.69, 9.17) is 5.11 Å². The lowest BCUT2D eigenvalue weighted by Gasteiger charge is -2.30. The zero-order valence-corrected chi connectivity index (χ0v) is 9.55. The predicted molar refractivity (Wildman–Crippen MR) is 52.1 cm³/mol. The summed E-state index contributed by atoms with van der Waals surface area (Å²) in [7, 11) is -2.48. The molecule has 0 radical (unpaired) electrons. The minimum Gasteiger partial charge on any atom is -0.480 e. The normalized spacial score (nSPS) is 13.2. The molecule has 0 unspecified atom stereocenters. The van der Waals surface area contributed by atoms with E-state index in [9.17, 15) is 13.2 Å². The molecule has 0 amide bonds. The van der Waals surface area contributed by atoms with Crippen LogP contribution in [0.4, 0.5) is 0 Å². The molecule has 0 bridgehead atoms. The molecule has 0 atom stereocenters. The van der Waals surface area contributed by atoms with E-state index >= 15 is 0 Å². The van der Waals surface area contributed by atoms with Gasteiger partial charge in [-0.05, 0) is 13.8 Å². The Kier molecular flexibility index (Phi) is 4.04. The molecule has 0 saturated carbocycles. The monoisotopic (exact) mass is 224 g/mol. The van der Waals surface area contributed by atoms with E-state index in [-0.39, 0.29) is 6.54 Å². The van der Waals surface area contributed by atoms with E-state index in [1.807, 2.05) is 0 Å². The number of carboxylic acid groups (broad SMARTS) is 1. The van der Waals surface area contributed by atoms with Crippen molar-refractivity contribution in [3.63, 3.8) is 0 Å². The first-order valence-electron chi connectivity index (χ1n) is 4.13. The molecule has 0 spiro atoms. The Balaban J connectivity index is 4.96. The molecule has 0 rings (SSSR count). The molecule has 0 aliphatic heterocycles. The number of carbonyl (C=O) groups is 1. The molecule has 0 aromatic carbocycles. The van der Waals surface area contributed by atoms with Crippen molar-refractivity contribution in [2.45, 2.75) is 26.3 Å². The fourth-order valence-corrected chi connectivity index (χ4v) is 1.95. The van der Waals surface area contributed by atoms with Crippen LogP contribution in [0.1, 0.15) is 20.8 Å². The molecule has 0 heterocycles. The van der Waals surface area contributed by atoms with Crippen molar-refractivity contribution in [2.75, 3.05) is 13.6 Å². The number of likely N-dealkylation sites (N-methyl/N-ethyl adjacent to an activating group) is 1. The van der Waals surface area contributed by atoms with Gasteiger partial charge in [-0.15, -0.1) is 0 Å². The van der Waals surface area contributed by atoms with E-state index in [1.54, 1.807) is 6.92 Å². The lowest BCUT2D eigenvalue weighted by Crippen LogP contribution is -2.54. The van der Waals surface area contributed by atoms with Gasteiger partial charge < -0.3 is 5.11 Å². The summed E-state index contributed by atoms with van der Waals surface area (Å²) in [6.07, 6.45) is 0. The van der Waals surface area contributed by atoms with Gasteiger partial charge in [-0.1, -0.05) is 6.92 Å². The van der Waals surface area contributed by atoms with E-state index in [1.165, 1.54) is 20.9 Å². The summed E-state index contributed by atoms with van der Waals surface area (Å²) in [6.45, 7) is 4.50. The summed E-state index contributed by atoms with van der Waals surface area (Å²) in [5.41, 5.74) is -1.46. The lowest BCUT2D eigenvalue weighted by molar-refractivity contribution is -0.145. The van der Waals surface area contributed by atoms with Crippen molar-refractivity contribution in [2.24, 2.45) is 0 Å².